The second kappa shape index (κ2) is 5.29. The summed E-state index contributed by atoms with van der Waals surface area (Å²) in [5.74, 6) is 4.17. The number of hydrogen-bond donors (Lipinski definition) is 0. The van der Waals surface area contributed by atoms with Crippen LogP contribution in [0, 0.1) is 40.4 Å². The molecule has 7 atom stereocenters. The third-order valence-corrected chi connectivity index (χ3v) is 8.83. The van der Waals surface area contributed by atoms with Gasteiger partial charge in [0, 0.05) is 11.8 Å². The highest BCUT2D eigenvalue weighted by molar-refractivity contribution is 5.91. The molecule has 4 aliphatic carbocycles. The van der Waals surface area contributed by atoms with Gasteiger partial charge in [0.1, 0.15) is 5.78 Å². The van der Waals surface area contributed by atoms with Crippen LogP contribution in [0.4, 0.5) is 0 Å². The highest BCUT2D eigenvalue weighted by Gasteiger charge is 2.60. The van der Waals surface area contributed by atoms with Crippen molar-refractivity contribution in [3.05, 3.63) is 11.6 Å². The zero-order valence-corrected chi connectivity index (χ0v) is 15.7. The van der Waals surface area contributed by atoms with E-state index in [4.69, 9.17) is 0 Å². The molecule has 2 heteroatoms. The minimum Gasteiger partial charge on any atom is -0.299 e. The zero-order valence-electron chi connectivity index (χ0n) is 15.7. The molecule has 0 aliphatic heterocycles. The highest BCUT2D eigenvalue weighted by Crippen LogP contribution is 2.66. The molecule has 0 radical (unpaired) electrons. The van der Waals surface area contributed by atoms with Gasteiger partial charge in [-0.05, 0) is 86.5 Å². The van der Waals surface area contributed by atoms with Crippen LogP contribution in [-0.4, -0.2) is 11.6 Å². The highest BCUT2D eigenvalue weighted by atomic mass is 16.1. The van der Waals surface area contributed by atoms with E-state index < -0.39 is 0 Å². The molecule has 0 aromatic heterocycles. The molecule has 4 aliphatic rings. The van der Waals surface area contributed by atoms with Crippen LogP contribution in [0.2, 0.25) is 0 Å². The minimum absolute atomic E-state index is 0.0887. The van der Waals surface area contributed by atoms with Crippen molar-refractivity contribution in [2.45, 2.75) is 72.6 Å². The Morgan fingerprint density at radius 2 is 1.88 bits per heavy atom. The molecule has 0 heterocycles. The number of Topliss-reactive ketones (excluding diaryl/α,β-unsaturated/α-hetero) is 1. The van der Waals surface area contributed by atoms with Crippen LogP contribution in [-0.2, 0) is 9.59 Å². The Morgan fingerprint density at radius 3 is 2.58 bits per heavy atom. The van der Waals surface area contributed by atoms with Gasteiger partial charge in [0.2, 0.25) is 0 Å². The van der Waals surface area contributed by atoms with E-state index in [1.165, 1.54) is 24.8 Å². The van der Waals surface area contributed by atoms with Crippen LogP contribution in [0.5, 0.6) is 0 Å². The van der Waals surface area contributed by atoms with E-state index in [0.29, 0.717) is 23.4 Å². The first-order valence-electron chi connectivity index (χ1n) is 10.0. The van der Waals surface area contributed by atoms with Crippen LogP contribution in [0.25, 0.3) is 0 Å². The number of ketones is 2. The molecule has 24 heavy (non-hydrogen) atoms. The molecule has 3 saturated carbocycles. The van der Waals surface area contributed by atoms with Crippen molar-refractivity contribution in [2.75, 3.05) is 0 Å². The number of carbonyl (C=O) groups excluding carboxylic acids is 2. The molecule has 6 unspecified atom stereocenters. The maximum atomic E-state index is 12.4. The number of rotatable bonds is 1. The molecule has 3 fully saturated rings. The van der Waals surface area contributed by atoms with E-state index in [2.05, 4.69) is 20.8 Å². The van der Waals surface area contributed by atoms with E-state index >= 15 is 0 Å². The Labute approximate surface area is 146 Å². The molecule has 4 rings (SSSR count). The summed E-state index contributed by atoms with van der Waals surface area (Å²) in [6, 6.07) is 0. The van der Waals surface area contributed by atoms with Crippen molar-refractivity contribution in [3.63, 3.8) is 0 Å². The molecule has 0 aromatic carbocycles. The van der Waals surface area contributed by atoms with Gasteiger partial charge in [-0.3, -0.25) is 9.59 Å². The fourth-order valence-corrected chi connectivity index (χ4v) is 7.47. The van der Waals surface area contributed by atoms with E-state index in [9.17, 15) is 9.59 Å². The number of allylic oxidation sites excluding steroid dienone is 1. The predicted molar refractivity (Wildman–Crippen MR) is 95.4 cm³/mol. The Morgan fingerprint density at radius 1 is 1.12 bits per heavy atom. The quantitative estimate of drug-likeness (QED) is 0.681. The number of fused-ring (bicyclic) bond motifs is 5. The van der Waals surface area contributed by atoms with Crippen molar-refractivity contribution in [1.29, 1.82) is 0 Å². The first kappa shape index (κ1) is 16.5. The lowest BCUT2D eigenvalue weighted by molar-refractivity contribution is -0.133. The summed E-state index contributed by atoms with van der Waals surface area (Å²) >= 11 is 0. The largest absolute Gasteiger partial charge is 0.299 e. The maximum absolute atomic E-state index is 12.4. The summed E-state index contributed by atoms with van der Waals surface area (Å²) in [4.78, 5) is 24.3. The van der Waals surface area contributed by atoms with Crippen molar-refractivity contribution in [3.8, 4) is 0 Å². The second-order valence-corrected chi connectivity index (χ2v) is 9.78. The maximum Gasteiger partial charge on any atom is 0.155 e. The summed E-state index contributed by atoms with van der Waals surface area (Å²) in [5, 5.41) is 0. The Kier molecular flexibility index (Phi) is 3.64. The first-order valence-corrected chi connectivity index (χ1v) is 10.0. The standard InChI is InChI=1S/C22H32O2/c1-13-11-19-17(18-8-10-21(3,14(2)23)20(13)18)6-5-15-12-16(24)7-9-22(15,19)4/h12-13,17-20H,5-11H2,1-4H3/t13?,17?,18?,19?,20?,21-,22?/m1/s1. The van der Waals surface area contributed by atoms with Crippen molar-refractivity contribution in [1.82, 2.24) is 0 Å². The Hall–Kier alpha value is -0.920. The average molecular weight is 328 g/mol. The number of hydrogen-bond acceptors (Lipinski definition) is 2. The Balaban J connectivity index is 1.70. The molecule has 0 amide bonds. The van der Waals surface area contributed by atoms with Crippen LogP contribution >= 0.6 is 0 Å². The molecule has 0 aromatic rings. The van der Waals surface area contributed by atoms with E-state index in [-0.39, 0.29) is 10.8 Å². The van der Waals surface area contributed by atoms with Gasteiger partial charge in [0.15, 0.2) is 5.78 Å². The molecule has 132 valence electrons. The summed E-state index contributed by atoms with van der Waals surface area (Å²) in [7, 11) is 0. The van der Waals surface area contributed by atoms with Crippen LogP contribution in [0.1, 0.15) is 72.6 Å². The summed E-state index contributed by atoms with van der Waals surface area (Å²) < 4.78 is 0. The molecular weight excluding hydrogens is 296 g/mol. The molecule has 0 N–H and O–H groups in total. The molecule has 0 saturated heterocycles. The van der Waals surface area contributed by atoms with Gasteiger partial charge in [-0.25, -0.2) is 0 Å². The van der Waals surface area contributed by atoms with Gasteiger partial charge >= 0.3 is 0 Å². The lowest BCUT2D eigenvalue weighted by Crippen LogP contribution is -2.51. The van der Waals surface area contributed by atoms with Crippen LogP contribution in [0.3, 0.4) is 0 Å². The Bertz CT molecular complexity index is 617. The van der Waals surface area contributed by atoms with E-state index in [1.54, 1.807) is 0 Å². The predicted octanol–water partition coefficient (Wildman–Crippen LogP) is 4.97. The van der Waals surface area contributed by atoms with Gasteiger partial charge in [-0.2, -0.15) is 0 Å². The molecule has 2 nitrogen and oxygen atoms in total. The second-order valence-electron chi connectivity index (χ2n) is 9.78. The van der Waals surface area contributed by atoms with Gasteiger partial charge in [0.25, 0.3) is 0 Å². The first-order chi connectivity index (χ1) is 11.3. The monoisotopic (exact) mass is 328 g/mol. The molecule has 0 bridgehead atoms. The number of carbonyl (C=O) groups is 2. The molecular formula is C22H32O2. The summed E-state index contributed by atoms with van der Waals surface area (Å²) in [6.45, 7) is 8.90. The smallest absolute Gasteiger partial charge is 0.155 e. The lowest BCUT2D eigenvalue weighted by atomic mass is 9.47. The SMILES string of the molecule is CC(=O)[C@@]1(C)CCC2C3CCC4=CC(=O)CCC4(C)C3CC(C)C21. The summed E-state index contributed by atoms with van der Waals surface area (Å²) in [6.07, 6.45) is 9.69. The topological polar surface area (TPSA) is 34.1 Å². The third-order valence-electron chi connectivity index (χ3n) is 8.83. The van der Waals surface area contributed by atoms with Crippen LogP contribution < -0.4 is 0 Å². The third kappa shape index (κ3) is 2.07. The van der Waals surface area contributed by atoms with Gasteiger partial charge in [0.05, 0.1) is 0 Å². The summed E-state index contributed by atoms with van der Waals surface area (Å²) in [5.41, 5.74) is 1.60. The van der Waals surface area contributed by atoms with Gasteiger partial charge < -0.3 is 0 Å². The van der Waals surface area contributed by atoms with Crippen molar-refractivity contribution in [2.24, 2.45) is 40.4 Å². The lowest BCUT2D eigenvalue weighted by Gasteiger charge is -2.57. The normalized spacial score (nSPS) is 50.6. The molecule has 0 spiro atoms. The van der Waals surface area contributed by atoms with Crippen molar-refractivity contribution >= 4 is 11.6 Å². The average Bonchev–Trinajstić information content (AvgIpc) is 2.89. The van der Waals surface area contributed by atoms with Crippen molar-refractivity contribution < 1.29 is 9.59 Å². The van der Waals surface area contributed by atoms with E-state index in [1.807, 2.05) is 13.0 Å². The minimum atomic E-state index is -0.0887. The van der Waals surface area contributed by atoms with Crippen LogP contribution in [0.15, 0.2) is 11.6 Å². The zero-order chi connectivity index (χ0) is 17.3. The fourth-order valence-electron chi connectivity index (χ4n) is 7.47. The fraction of sp³-hybridized carbons (Fsp3) is 0.818. The van der Waals surface area contributed by atoms with Gasteiger partial charge in [-0.15, -0.1) is 0 Å². The van der Waals surface area contributed by atoms with E-state index in [0.717, 1.165) is 43.4 Å². The van der Waals surface area contributed by atoms with Gasteiger partial charge in [-0.1, -0.05) is 26.3 Å².